The lowest BCUT2D eigenvalue weighted by atomic mass is 9.92. The normalized spacial score (nSPS) is 17.2. The van der Waals surface area contributed by atoms with E-state index in [1.807, 2.05) is 0 Å². The molecule has 0 aliphatic carbocycles. The molecular formula is C14H18OS. The minimum atomic E-state index is 0.643. The molecule has 1 aromatic rings. The van der Waals surface area contributed by atoms with E-state index < -0.39 is 0 Å². The highest BCUT2D eigenvalue weighted by Gasteiger charge is 2.15. The van der Waals surface area contributed by atoms with Gasteiger partial charge in [0.1, 0.15) is 6.29 Å². The average Bonchev–Trinajstić information content (AvgIpc) is 2.38. The van der Waals surface area contributed by atoms with Crippen molar-refractivity contribution in [3.8, 4) is 0 Å². The molecule has 0 bridgehead atoms. The second-order valence-corrected chi connectivity index (χ2v) is 5.56. The second-order valence-electron chi connectivity index (χ2n) is 4.34. The summed E-state index contributed by atoms with van der Waals surface area (Å²) in [5.74, 6) is 3.34. The molecule has 0 unspecified atom stereocenters. The van der Waals surface area contributed by atoms with Crippen LogP contribution in [0.2, 0.25) is 0 Å². The van der Waals surface area contributed by atoms with Crippen molar-refractivity contribution < 1.29 is 4.79 Å². The van der Waals surface area contributed by atoms with Crippen LogP contribution in [0, 0.1) is 0 Å². The summed E-state index contributed by atoms with van der Waals surface area (Å²) in [4.78, 5) is 10.4. The molecule has 0 N–H and O–H groups in total. The van der Waals surface area contributed by atoms with E-state index in [1.54, 1.807) is 0 Å². The first kappa shape index (κ1) is 11.7. The molecule has 2 heteroatoms. The Labute approximate surface area is 102 Å². The van der Waals surface area contributed by atoms with Crippen molar-refractivity contribution in [3.63, 3.8) is 0 Å². The monoisotopic (exact) mass is 234 g/mol. The molecule has 0 spiro atoms. The van der Waals surface area contributed by atoms with Gasteiger partial charge >= 0.3 is 0 Å². The predicted molar refractivity (Wildman–Crippen MR) is 70.1 cm³/mol. The highest BCUT2D eigenvalue weighted by molar-refractivity contribution is 7.99. The zero-order valence-corrected chi connectivity index (χ0v) is 10.3. The Morgan fingerprint density at radius 1 is 1.31 bits per heavy atom. The lowest BCUT2D eigenvalue weighted by Crippen LogP contribution is -2.08. The number of rotatable bonds is 4. The van der Waals surface area contributed by atoms with Crippen molar-refractivity contribution in [2.24, 2.45) is 0 Å². The topological polar surface area (TPSA) is 17.1 Å². The summed E-state index contributed by atoms with van der Waals surface area (Å²) in [5.41, 5.74) is 2.78. The molecule has 0 atom stereocenters. The van der Waals surface area contributed by atoms with E-state index in [2.05, 4.69) is 36.0 Å². The molecule has 1 aliphatic rings. The number of aldehydes is 1. The standard InChI is InChI=1S/C14H18OS/c15-8-2-4-12-3-1-5-14(11-12)13-6-9-16-10-7-13/h1,3,5,8,11,13H,2,4,6-7,9-10H2. The first-order valence-electron chi connectivity index (χ1n) is 6.00. The van der Waals surface area contributed by atoms with Gasteiger partial charge in [-0.2, -0.15) is 11.8 Å². The molecule has 1 saturated heterocycles. The summed E-state index contributed by atoms with van der Waals surface area (Å²) in [6.07, 6.45) is 5.15. The van der Waals surface area contributed by atoms with Crippen LogP contribution in [0.3, 0.4) is 0 Å². The molecular weight excluding hydrogens is 216 g/mol. The molecule has 1 heterocycles. The highest BCUT2D eigenvalue weighted by Crippen LogP contribution is 2.31. The molecule has 0 saturated carbocycles. The van der Waals surface area contributed by atoms with Gasteiger partial charge in [0.05, 0.1) is 0 Å². The van der Waals surface area contributed by atoms with E-state index in [1.165, 1.54) is 35.5 Å². The quantitative estimate of drug-likeness (QED) is 0.742. The van der Waals surface area contributed by atoms with Crippen molar-refractivity contribution in [2.75, 3.05) is 11.5 Å². The van der Waals surface area contributed by atoms with Gasteiger partial charge in [-0.15, -0.1) is 0 Å². The molecule has 0 radical (unpaired) electrons. The lowest BCUT2D eigenvalue weighted by Gasteiger charge is -2.22. The van der Waals surface area contributed by atoms with E-state index >= 15 is 0 Å². The molecule has 1 nitrogen and oxygen atoms in total. The van der Waals surface area contributed by atoms with Crippen molar-refractivity contribution in [1.29, 1.82) is 0 Å². The molecule has 16 heavy (non-hydrogen) atoms. The number of carbonyl (C=O) groups excluding carboxylic acids is 1. The minimum absolute atomic E-state index is 0.643. The zero-order chi connectivity index (χ0) is 11.2. The maximum atomic E-state index is 10.4. The average molecular weight is 234 g/mol. The first-order chi connectivity index (χ1) is 7.90. The summed E-state index contributed by atoms with van der Waals surface area (Å²) in [5, 5.41) is 0. The summed E-state index contributed by atoms with van der Waals surface area (Å²) in [7, 11) is 0. The van der Waals surface area contributed by atoms with E-state index in [4.69, 9.17) is 0 Å². The Balaban J connectivity index is 2.05. The van der Waals surface area contributed by atoms with Crippen molar-refractivity contribution >= 4 is 18.0 Å². The van der Waals surface area contributed by atoms with Gasteiger partial charge in [0.25, 0.3) is 0 Å². The fraction of sp³-hybridized carbons (Fsp3) is 0.500. The van der Waals surface area contributed by atoms with Crippen LogP contribution in [-0.2, 0) is 11.2 Å². The third kappa shape index (κ3) is 3.11. The number of hydrogen-bond acceptors (Lipinski definition) is 2. The van der Waals surface area contributed by atoms with Crippen LogP contribution in [0.25, 0.3) is 0 Å². The Kier molecular flexibility index (Phi) is 4.46. The Morgan fingerprint density at radius 2 is 2.12 bits per heavy atom. The molecule has 1 aromatic carbocycles. The summed E-state index contributed by atoms with van der Waals surface area (Å²) < 4.78 is 0. The van der Waals surface area contributed by atoms with Gasteiger partial charge in [-0.1, -0.05) is 24.3 Å². The molecule has 86 valence electrons. The lowest BCUT2D eigenvalue weighted by molar-refractivity contribution is -0.107. The fourth-order valence-electron chi connectivity index (χ4n) is 2.26. The molecule has 1 aliphatic heterocycles. The summed E-state index contributed by atoms with van der Waals surface area (Å²) in [6.45, 7) is 0. The highest BCUT2D eigenvalue weighted by atomic mass is 32.2. The number of hydrogen-bond donors (Lipinski definition) is 0. The van der Waals surface area contributed by atoms with Crippen LogP contribution >= 0.6 is 11.8 Å². The van der Waals surface area contributed by atoms with Gasteiger partial charge in [-0.3, -0.25) is 0 Å². The predicted octanol–water partition coefficient (Wildman–Crippen LogP) is 3.43. The zero-order valence-electron chi connectivity index (χ0n) is 9.52. The molecule has 0 aromatic heterocycles. The van der Waals surface area contributed by atoms with E-state index in [0.717, 1.165) is 18.6 Å². The third-order valence-corrected chi connectivity index (χ3v) is 4.24. The van der Waals surface area contributed by atoms with Gasteiger partial charge in [-0.05, 0) is 47.8 Å². The van der Waals surface area contributed by atoms with E-state index in [9.17, 15) is 4.79 Å². The minimum Gasteiger partial charge on any atom is -0.303 e. The Morgan fingerprint density at radius 3 is 2.88 bits per heavy atom. The largest absolute Gasteiger partial charge is 0.303 e. The van der Waals surface area contributed by atoms with Crippen molar-refractivity contribution in [2.45, 2.75) is 31.6 Å². The first-order valence-corrected chi connectivity index (χ1v) is 7.16. The number of aryl methyl sites for hydroxylation is 1. The number of thioether (sulfide) groups is 1. The van der Waals surface area contributed by atoms with Crippen LogP contribution in [0.1, 0.15) is 36.3 Å². The summed E-state index contributed by atoms with van der Waals surface area (Å²) >= 11 is 2.07. The van der Waals surface area contributed by atoms with E-state index in [-0.39, 0.29) is 0 Å². The van der Waals surface area contributed by atoms with E-state index in [0.29, 0.717) is 6.42 Å². The van der Waals surface area contributed by atoms with Crippen LogP contribution in [0.5, 0.6) is 0 Å². The van der Waals surface area contributed by atoms with Gasteiger partial charge in [0.15, 0.2) is 0 Å². The molecule has 2 rings (SSSR count). The van der Waals surface area contributed by atoms with Crippen LogP contribution in [0.15, 0.2) is 24.3 Å². The van der Waals surface area contributed by atoms with Crippen LogP contribution < -0.4 is 0 Å². The third-order valence-electron chi connectivity index (χ3n) is 3.19. The van der Waals surface area contributed by atoms with Crippen molar-refractivity contribution in [3.05, 3.63) is 35.4 Å². The molecule has 1 fully saturated rings. The maximum absolute atomic E-state index is 10.4. The smallest absolute Gasteiger partial charge is 0.120 e. The van der Waals surface area contributed by atoms with Gasteiger partial charge in [0.2, 0.25) is 0 Å². The van der Waals surface area contributed by atoms with Crippen molar-refractivity contribution in [1.82, 2.24) is 0 Å². The van der Waals surface area contributed by atoms with Gasteiger partial charge < -0.3 is 4.79 Å². The number of benzene rings is 1. The van der Waals surface area contributed by atoms with Crippen LogP contribution in [-0.4, -0.2) is 17.8 Å². The van der Waals surface area contributed by atoms with Gasteiger partial charge in [-0.25, -0.2) is 0 Å². The second kappa shape index (κ2) is 6.09. The number of carbonyl (C=O) groups is 1. The Bertz CT molecular complexity index is 342. The molecule has 0 amide bonds. The van der Waals surface area contributed by atoms with Gasteiger partial charge in [0, 0.05) is 6.42 Å². The van der Waals surface area contributed by atoms with Crippen LogP contribution in [0.4, 0.5) is 0 Å². The summed E-state index contributed by atoms with van der Waals surface area (Å²) in [6, 6.07) is 8.80. The Hall–Kier alpha value is -0.760. The maximum Gasteiger partial charge on any atom is 0.120 e. The fourth-order valence-corrected chi connectivity index (χ4v) is 3.37. The SMILES string of the molecule is O=CCCc1cccc(C2CCSCC2)c1.